The molecule has 1 N–H and O–H groups in total. The number of carboxylic acid groups (broad SMARTS) is 1. The lowest BCUT2D eigenvalue weighted by atomic mass is 10.1. The standard InChI is InChI=1S/C18H15ClF3NO5/c1-3-8(2)7-27-16-12(19)13(20)11(14(21)15(16)22)18(26)28-10-5-4-9(6-23-10)17(24)25/h4-6,8H,3,7H2,1-2H3,(H,24,25). The van der Waals surface area contributed by atoms with Gasteiger partial charge < -0.3 is 14.6 Å². The van der Waals surface area contributed by atoms with Crippen molar-refractivity contribution in [2.45, 2.75) is 20.3 Å². The Morgan fingerprint density at radius 3 is 2.43 bits per heavy atom. The zero-order valence-electron chi connectivity index (χ0n) is 14.8. The van der Waals surface area contributed by atoms with Gasteiger partial charge in [-0.15, -0.1) is 0 Å². The van der Waals surface area contributed by atoms with Crippen molar-refractivity contribution < 1.29 is 37.3 Å². The predicted octanol–water partition coefficient (Wildman–Crippen LogP) is 4.49. The van der Waals surface area contributed by atoms with Gasteiger partial charge in [0.25, 0.3) is 0 Å². The predicted molar refractivity (Wildman–Crippen MR) is 92.4 cm³/mol. The van der Waals surface area contributed by atoms with Crippen molar-refractivity contribution in [2.75, 3.05) is 6.61 Å². The number of aromatic carboxylic acids is 1. The quantitative estimate of drug-likeness (QED) is 0.527. The van der Waals surface area contributed by atoms with Gasteiger partial charge in [0.05, 0.1) is 12.2 Å². The van der Waals surface area contributed by atoms with Crippen molar-refractivity contribution in [3.63, 3.8) is 0 Å². The Morgan fingerprint density at radius 1 is 1.21 bits per heavy atom. The van der Waals surface area contributed by atoms with Crippen LogP contribution in [0, 0.1) is 23.4 Å². The highest BCUT2D eigenvalue weighted by Gasteiger charge is 2.31. The van der Waals surface area contributed by atoms with Crippen molar-refractivity contribution in [1.29, 1.82) is 0 Å². The Balaban J connectivity index is 2.32. The number of nitrogens with zero attached hydrogens (tertiary/aromatic N) is 1. The number of carbonyl (C=O) groups is 2. The molecule has 0 spiro atoms. The number of hydrogen-bond donors (Lipinski definition) is 1. The van der Waals surface area contributed by atoms with Crippen LogP contribution in [-0.4, -0.2) is 28.6 Å². The number of benzene rings is 1. The first-order chi connectivity index (χ1) is 13.2. The molecule has 0 amide bonds. The summed E-state index contributed by atoms with van der Waals surface area (Å²) in [6, 6.07) is 2.06. The highest BCUT2D eigenvalue weighted by atomic mass is 35.5. The highest BCUT2D eigenvalue weighted by molar-refractivity contribution is 6.32. The van der Waals surface area contributed by atoms with Crippen LogP contribution in [0.1, 0.15) is 41.0 Å². The summed E-state index contributed by atoms with van der Waals surface area (Å²) in [4.78, 5) is 26.4. The summed E-state index contributed by atoms with van der Waals surface area (Å²) in [6.45, 7) is 3.60. The summed E-state index contributed by atoms with van der Waals surface area (Å²) < 4.78 is 52.7. The first kappa shape index (κ1) is 21.5. The van der Waals surface area contributed by atoms with E-state index in [1.54, 1.807) is 6.92 Å². The maximum Gasteiger partial charge on any atom is 0.351 e. The van der Waals surface area contributed by atoms with Gasteiger partial charge in [-0.1, -0.05) is 31.9 Å². The number of rotatable bonds is 7. The summed E-state index contributed by atoms with van der Waals surface area (Å²) in [7, 11) is 0. The second-order valence-electron chi connectivity index (χ2n) is 5.86. The van der Waals surface area contributed by atoms with E-state index in [1.807, 2.05) is 6.92 Å². The monoisotopic (exact) mass is 417 g/mol. The van der Waals surface area contributed by atoms with Crippen LogP contribution in [0.15, 0.2) is 18.3 Å². The number of hydrogen-bond acceptors (Lipinski definition) is 5. The molecule has 1 aromatic heterocycles. The van der Waals surface area contributed by atoms with Crippen LogP contribution in [0.3, 0.4) is 0 Å². The molecule has 1 heterocycles. The topological polar surface area (TPSA) is 85.7 Å². The first-order valence-electron chi connectivity index (χ1n) is 8.07. The molecule has 0 radical (unpaired) electrons. The van der Waals surface area contributed by atoms with E-state index in [1.165, 1.54) is 0 Å². The number of aromatic nitrogens is 1. The molecular formula is C18H15ClF3NO5. The number of pyridine rings is 1. The van der Waals surface area contributed by atoms with Crippen LogP contribution < -0.4 is 9.47 Å². The Labute approximate surface area is 162 Å². The van der Waals surface area contributed by atoms with Crippen LogP contribution in [0.4, 0.5) is 13.2 Å². The Bertz CT molecular complexity index is 876. The molecule has 10 heteroatoms. The molecule has 150 valence electrons. The third-order valence-electron chi connectivity index (χ3n) is 3.82. The number of ether oxygens (including phenoxy) is 2. The molecule has 0 aliphatic rings. The van der Waals surface area contributed by atoms with Crippen LogP contribution in [-0.2, 0) is 0 Å². The van der Waals surface area contributed by atoms with E-state index in [2.05, 4.69) is 9.72 Å². The van der Waals surface area contributed by atoms with E-state index in [4.69, 9.17) is 21.4 Å². The summed E-state index contributed by atoms with van der Waals surface area (Å²) in [5, 5.41) is 7.87. The highest BCUT2D eigenvalue weighted by Crippen LogP contribution is 2.36. The molecule has 6 nitrogen and oxygen atoms in total. The van der Waals surface area contributed by atoms with E-state index in [-0.39, 0.29) is 18.1 Å². The third-order valence-corrected chi connectivity index (χ3v) is 4.15. The smallest absolute Gasteiger partial charge is 0.351 e. The lowest BCUT2D eigenvalue weighted by Gasteiger charge is -2.15. The Hall–Kier alpha value is -2.81. The fraction of sp³-hybridized carbons (Fsp3) is 0.278. The van der Waals surface area contributed by atoms with Gasteiger partial charge in [0.1, 0.15) is 10.6 Å². The minimum atomic E-state index is -1.83. The second kappa shape index (κ2) is 8.92. The number of carboxylic acids is 1. The van der Waals surface area contributed by atoms with Crippen LogP contribution in [0.2, 0.25) is 5.02 Å². The molecule has 0 bridgehead atoms. The van der Waals surface area contributed by atoms with Gasteiger partial charge in [0.15, 0.2) is 17.4 Å². The molecule has 0 saturated heterocycles. The maximum atomic E-state index is 14.4. The van der Waals surface area contributed by atoms with E-state index >= 15 is 0 Å². The molecule has 2 rings (SSSR count). The van der Waals surface area contributed by atoms with Gasteiger partial charge in [-0.25, -0.2) is 23.4 Å². The van der Waals surface area contributed by atoms with Gasteiger partial charge in [0.2, 0.25) is 11.7 Å². The molecule has 0 saturated carbocycles. The van der Waals surface area contributed by atoms with Gasteiger partial charge in [-0.05, 0) is 12.0 Å². The maximum absolute atomic E-state index is 14.4. The second-order valence-corrected chi connectivity index (χ2v) is 6.24. The molecular weight excluding hydrogens is 403 g/mol. The lowest BCUT2D eigenvalue weighted by molar-refractivity contribution is 0.0696. The Kier molecular flexibility index (Phi) is 6.85. The molecule has 28 heavy (non-hydrogen) atoms. The molecule has 2 aromatic rings. The van der Waals surface area contributed by atoms with Crippen molar-refractivity contribution in [2.24, 2.45) is 5.92 Å². The van der Waals surface area contributed by atoms with E-state index in [9.17, 15) is 22.8 Å². The minimum absolute atomic E-state index is 0.0221. The van der Waals surface area contributed by atoms with Crippen molar-refractivity contribution >= 4 is 23.5 Å². The number of halogens is 4. The van der Waals surface area contributed by atoms with Crippen LogP contribution >= 0.6 is 11.6 Å². The van der Waals surface area contributed by atoms with Crippen molar-refractivity contribution in [3.05, 3.63) is 51.9 Å². The van der Waals surface area contributed by atoms with Crippen molar-refractivity contribution in [3.8, 4) is 11.6 Å². The van der Waals surface area contributed by atoms with Gasteiger partial charge in [-0.2, -0.15) is 4.39 Å². The molecule has 0 aliphatic heterocycles. The Morgan fingerprint density at radius 2 is 1.89 bits per heavy atom. The fourth-order valence-electron chi connectivity index (χ4n) is 1.97. The van der Waals surface area contributed by atoms with Crippen molar-refractivity contribution in [1.82, 2.24) is 4.98 Å². The summed E-state index contributed by atoms with van der Waals surface area (Å²) >= 11 is 5.71. The first-order valence-corrected chi connectivity index (χ1v) is 8.45. The minimum Gasteiger partial charge on any atom is -0.488 e. The zero-order valence-corrected chi connectivity index (χ0v) is 15.5. The lowest BCUT2D eigenvalue weighted by Crippen LogP contribution is -2.17. The van der Waals surface area contributed by atoms with Gasteiger partial charge in [0, 0.05) is 12.3 Å². The molecule has 1 atom stereocenters. The SMILES string of the molecule is CCC(C)COc1c(F)c(F)c(C(=O)Oc2ccc(C(=O)O)cn2)c(F)c1Cl. The number of esters is 1. The average molecular weight is 418 g/mol. The fourth-order valence-corrected chi connectivity index (χ4v) is 2.21. The van der Waals surface area contributed by atoms with Gasteiger partial charge in [-0.3, -0.25) is 0 Å². The molecule has 0 fully saturated rings. The molecule has 0 aliphatic carbocycles. The third kappa shape index (κ3) is 4.53. The van der Waals surface area contributed by atoms with Crippen LogP contribution in [0.5, 0.6) is 11.6 Å². The normalized spacial score (nSPS) is 11.8. The van der Waals surface area contributed by atoms with E-state index in [0.717, 1.165) is 18.3 Å². The largest absolute Gasteiger partial charge is 0.488 e. The summed E-state index contributed by atoms with van der Waals surface area (Å²) in [5.41, 5.74) is -1.56. The molecule has 1 aromatic carbocycles. The van der Waals surface area contributed by atoms with E-state index < -0.39 is 51.6 Å². The average Bonchev–Trinajstić information content (AvgIpc) is 2.66. The van der Waals surface area contributed by atoms with Crippen LogP contribution in [0.25, 0.3) is 0 Å². The van der Waals surface area contributed by atoms with Gasteiger partial charge >= 0.3 is 11.9 Å². The molecule has 1 unspecified atom stereocenters. The number of carbonyl (C=O) groups excluding carboxylic acids is 1. The van der Waals surface area contributed by atoms with E-state index in [0.29, 0.717) is 6.42 Å². The zero-order chi connectivity index (χ0) is 21.0. The summed E-state index contributed by atoms with van der Waals surface area (Å²) in [6.07, 6.45) is 1.55. The summed E-state index contributed by atoms with van der Waals surface area (Å²) in [5.74, 6) is -9.17.